The van der Waals surface area contributed by atoms with Crippen LogP contribution >= 0.6 is 12.4 Å². The molecule has 1 spiro atoms. The summed E-state index contributed by atoms with van der Waals surface area (Å²) in [6, 6.07) is 15.7. The summed E-state index contributed by atoms with van der Waals surface area (Å²) < 4.78 is 18.4. The average molecular weight is 418 g/mol. The Morgan fingerprint density at radius 1 is 1.00 bits per heavy atom. The van der Waals surface area contributed by atoms with Gasteiger partial charge in [-0.2, -0.15) is 0 Å². The van der Waals surface area contributed by atoms with E-state index < -0.39 is 0 Å². The minimum atomic E-state index is -0.328. The number of rotatable bonds is 5. The summed E-state index contributed by atoms with van der Waals surface area (Å²) in [7, 11) is 0. The third-order valence-corrected chi connectivity index (χ3v) is 6.76. The maximum Gasteiger partial charge on any atom is 0.182 e. The molecule has 3 fully saturated rings. The SMILES string of the molecule is Cl.c1ccc2c(CCO[C@@H]3CCCC[C@H]3N3CCC4(C3)OCCO4)cccc2c1. The van der Waals surface area contributed by atoms with Crippen LogP contribution in [0.1, 0.15) is 37.7 Å². The Morgan fingerprint density at radius 2 is 1.79 bits per heavy atom. The van der Waals surface area contributed by atoms with E-state index in [1.165, 1.54) is 42.0 Å². The molecule has 2 aromatic carbocycles. The zero-order valence-electron chi connectivity index (χ0n) is 17.1. The van der Waals surface area contributed by atoms with Crippen LogP contribution in [0.4, 0.5) is 0 Å². The van der Waals surface area contributed by atoms with Crippen LogP contribution in [0.5, 0.6) is 0 Å². The molecule has 0 aromatic heterocycles. The molecule has 2 aromatic rings. The third kappa shape index (κ3) is 4.47. The Kier molecular flexibility index (Phi) is 6.77. The number of benzene rings is 2. The number of hydrogen-bond acceptors (Lipinski definition) is 4. The zero-order chi connectivity index (χ0) is 18.8. The maximum atomic E-state index is 6.49. The Bertz CT molecular complexity index is 802. The average Bonchev–Trinajstić information content (AvgIpc) is 3.38. The van der Waals surface area contributed by atoms with Gasteiger partial charge in [0.05, 0.1) is 32.5 Å². The summed E-state index contributed by atoms with van der Waals surface area (Å²) in [4.78, 5) is 2.58. The van der Waals surface area contributed by atoms with E-state index in [0.29, 0.717) is 12.1 Å². The van der Waals surface area contributed by atoms with E-state index >= 15 is 0 Å². The molecular formula is C24H32ClNO3. The zero-order valence-corrected chi connectivity index (χ0v) is 17.9. The van der Waals surface area contributed by atoms with Gasteiger partial charge in [0.15, 0.2) is 5.79 Å². The molecule has 0 bridgehead atoms. The summed E-state index contributed by atoms with van der Waals surface area (Å²) >= 11 is 0. The van der Waals surface area contributed by atoms with Crippen molar-refractivity contribution in [1.82, 2.24) is 4.90 Å². The number of nitrogens with zero attached hydrogens (tertiary/aromatic N) is 1. The first-order valence-electron chi connectivity index (χ1n) is 10.9. The van der Waals surface area contributed by atoms with Gasteiger partial charge in [-0.05, 0) is 35.6 Å². The molecule has 0 N–H and O–H groups in total. The topological polar surface area (TPSA) is 30.9 Å². The predicted molar refractivity (Wildman–Crippen MR) is 118 cm³/mol. The van der Waals surface area contributed by atoms with E-state index in [2.05, 4.69) is 47.4 Å². The van der Waals surface area contributed by atoms with Crippen molar-refractivity contribution in [3.8, 4) is 0 Å². The molecule has 5 heteroatoms. The number of ether oxygens (including phenoxy) is 3. The highest BCUT2D eigenvalue weighted by molar-refractivity contribution is 5.86. The van der Waals surface area contributed by atoms with Crippen LogP contribution in [0.25, 0.3) is 10.8 Å². The number of fused-ring (bicyclic) bond motifs is 1. The van der Waals surface area contributed by atoms with Crippen molar-refractivity contribution < 1.29 is 14.2 Å². The summed E-state index contributed by atoms with van der Waals surface area (Å²) in [5.41, 5.74) is 1.39. The highest BCUT2D eigenvalue weighted by Gasteiger charge is 2.46. The Hall–Kier alpha value is -1.17. The van der Waals surface area contributed by atoms with E-state index in [4.69, 9.17) is 14.2 Å². The summed E-state index contributed by atoms with van der Waals surface area (Å²) in [6.45, 7) is 4.24. The summed E-state index contributed by atoms with van der Waals surface area (Å²) in [6.07, 6.45) is 7.29. The van der Waals surface area contributed by atoms with Gasteiger partial charge in [0.25, 0.3) is 0 Å². The van der Waals surface area contributed by atoms with E-state index in [-0.39, 0.29) is 18.2 Å². The van der Waals surface area contributed by atoms with Crippen LogP contribution in [0.15, 0.2) is 42.5 Å². The molecule has 3 aliphatic rings. The molecule has 29 heavy (non-hydrogen) atoms. The first-order chi connectivity index (χ1) is 13.8. The molecule has 0 amide bonds. The second kappa shape index (κ2) is 9.32. The van der Waals surface area contributed by atoms with Crippen molar-refractivity contribution in [2.24, 2.45) is 0 Å². The largest absolute Gasteiger partial charge is 0.376 e. The van der Waals surface area contributed by atoms with Crippen LogP contribution in [0.3, 0.4) is 0 Å². The third-order valence-electron chi connectivity index (χ3n) is 6.76. The lowest BCUT2D eigenvalue weighted by molar-refractivity contribution is -0.149. The fourth-order valence-electron chi connectivity index (χ4n) is 5.32. The van der Waals surface area contributed by atoms with Crippen molar-refractivity contribution in [3.63, 3.8) is 0 Å². The fraction of sp³-hybridized carbons (Fsp3) is 0.583. The molecule has 1 aliphatic carbocycles. The van der Waals surface area contributed by atoms with Crippen LogP contribution in [0, 0.1) is 0 Å². The Labute approximate surface area is 179 Å². The lowest BCUT2D eigenvalue weighted by Crippen LogP contribution is -2.47. The van der Waals surface area contributed by atoms with Crippen molar-refractivity contribution >= 4 is 23.2 Å². The predicted octanol–water partition coefficient (Wildman–Crippen LogP) is 4.58. The molecule has 1 saturated carbocycles. The van der Waals surface area contributed by atoms with Gasteiger partial charge < -0.3 is 14.2 Å². The minimum absolute atomic E-state index is 0. The van der Waals surface area contributed by atoms with Crippen molar-refractivity contribution in [2.75, 3.05) is 32.9 Å². The first-order valence-corrected chi connectivity index (χ1v) is 10.9. The van der Waals surface area contributed by atoms with E-state index in [0.717, 1.165) is 45.8 Å². The van der Waals surface area contributed by atoms with Gasteiger partial charge in [-0.15, -0.1) is 12.4 Å². The second-order valence-corrected chi connectivity index (χ2v) is 8.48. The van der Waals surface area contributed by atoms with Gasteiger partial charge in [0, 0.05) is 19.0 Å². The molecule has 2 heterocycles. The number of likely N-dealkylation sites (tertiary alicyclic amines) is 1. The van der Waals surface area contributed by atoms with E-state index in [1.807, 2.05) is 0 Å². The molecule has 0 radical (unpaired) electrons. The molecule has 158 valence electrons. The molecule has 2 aliphatic heterocycles. The number of halogens is 1. The minimum Gasteiger partial charge on any atom is -0.376 e. The first kappa shape index (κ1) is 21.1. The fourth-order valence-corrected chi connectivity index (χ4v) is 5.32. The van der Waals surface area contributed by atoms with Crippen molar-refractivity contribution in [2.45, 2.75) is 56.5 Å². The van der Waals surface area contributed by atoms with Crippen molar-refractivity contribution in [1.29, 1.82) is 0 Å². The lowest BCUT2D eigenvalue weighted by Gasteiger charge is -2.38. The molecule has 2 atom stereocenters. The summed E-state index contributed by atoms with van der Waals surface area (Å²) in [5, 5.41) is 2.67. The second-order valence-electron chi connectivity index (χ2n) is 8.48. The van der Waals surface area contributed by atoms with Gasteiger partial charge in [0.1, 0.15) is 0 Å². The molecule has 2 saturated heterocycles. The normalized spacial score (nSPS) is 26.8. The standard InChI is InChI=1S/C24H31NO3.ClH/c1-2-9-21-19(6-1)7-5-8-20(21)12-15-26-23-11-4-3-10-22(23)25-14-13-24(18-25)27-16-17-28-24;/h1-2,5-9,22-23H,3-4,10-18H2;1H/t22-,23-;/m1./s1. The quantitative estimate of drug-likeness (QED) is 0.712. The monoisotopic (exact) mass is 417 g/mol. The van der Waals surface area contributed by atoms with E-state index in [1.54, 1.807) is 0 Å². The van der Waals surface area contributed by atoms with Gasteiger partial charge >= 0.3 is 0 Å². The molecular weight excluding hydrogens is 386 g/mol. The smallest absolute Gasteiger partial charge is 0.182 e. The highest BCUT2D eigenvalue weighted by Crippen LogP contribution is 2.35. The number of hydrogen-bond donors (Lipinski definition) is 0. The Morgan fingerprint density at radius 3 is 2.69 bits per heavy atom. The van der Waals surface area contributed by atoms with Crippen molar-refractivity contribution in [3.05, 3.63) is 48.0 Å². The van der Waals surface area contributed by atoms with Crippen LogP contribution in [-0.2, 0) is 20.6 Å². The lowest BCUT2D eigenvalue weighted by atomic mass is 9.91. The highest BCUT2D eigenvalue weighted by atomic mass is 35.5. The van der Waals surface area contributed by atoms with Crippen LogP contribution < -0.4 is 0 Å². The van der Waals surface area contributed by atoms with Gasteiger partial charge in [-0.1, -0.05) is 55.3 Å². The van der Waals surface area contributed by atoms with Gasteiger partial charge in [-0.3, -0.25) is 4.90 Å². The van der Waals surface area contributed by atoms with E-state index in [9.17, 15) is 0 Å². The Balaban J connectivity index is 0.00000205. The molecule has 4 nitrogen and oxygen atoms in total. The maximum absolute atomic E-state index is 6.49. The van der Waals surface area contributed by atoms with Gasteiger partial charge in [-0.25, -0.2) is 0 Å². The van der Waals surface area contributed by atoms with Crippen LogP contribution in [0.2, 0.25) is 0 Å². The molecule has 5 rings (SSSR count). The summed E-state index contributed by atoms with van der Waals surface area (Å²) in [5.74, 6) is -0.328. The molecule has 0 unspecified atom stereocenters. The van der Waals surface area contributed by atoms with Crippen LogP contribution in [-0.4, -0.2) is 55.7 Å². The van der Waals surface area contributed by atoms with Gasteiger partial charge in [0.2, 0.25) is 0 Å².